The first-order chi connectivity index (χ1) is 9.49. The molecule has 0 amide bonds. The molecule has 5 nitrogen and oxygen atoms in total. The Morgan fingerprint density at radius 3 is 2.65 bits per heavy atom. The van der Waals surface area contributed by atoms with Crippen molar-refractivity contribution in [3.05, 3.63) is 58.0 Å². The molecule has 0 aliphatic carbocycles. The fourth-order valence-corrected chi connectivity index (χ4v) is 2.03. The molecule has 1 aromatic carbocycles. The number of hydrogen-bond donors (Lipinski definition) is 1. The van der Waals surface area contributed by atoms with Crippen LogP contribution < -0.4 is 10.5 Å². The lowest BCUT2D eigenvalue weighted by Crippen LogP contribution is -2.26. The minimum atomic E-state index is -0.744. The average Bonchev–Trinajstić information content (AvgIpc) is 2.41. The van der Waals surface area contributed by atoms with Crippen molar-refractivity contribution in [2.45, 2.75) is 19.6 Å². The minimum Gasteiger partial charge on any atom is -0.386 e. The van der Waals surface area contributed by atoms with Crippen LogP contribution in [0.4, 0.5) is 5.69 Å². The molecule has 1 heterocycles. The van der Waals surface area contributed by atoms with Gasteiger partial charge in [0.15, 0.2) is 0 Å². The second kappa shape index (κ2) is 5.88. The first kappa shape index (κ1) is 14.3. The summed E-state index contributed by atoms with van der Waals surface area (Å²) in [6, 6.07) is 9.10. The fourth-order valence-electron chi connectivity index (χ4n) is 2.03. The summed E-state index contributed by atoms with van der Waals surface area (Å²) < 4.78 is 1.28. The first-order valence-electron chi connectivity index (χ1n) is 6.47. The van der Waals surface area contributed by atoms with E-state index in [0.717, 1.165) is 16.8 Å². The standard InChI is InChI=1S/C15H19N3O2/c1-11-6-4-5-7-13(11)14(19)10-18-15(20)8-12(9-16-18)17(2)3/h4-9,14,19H,10H2,1-3H3. The summed E-state index contributed by atoms with van der Waals surface area (Å²) in [5.74, 6) is 0. The van der Waals surface area contributed by atoms with Gasteiger partial charge >= 0.3 is 0 Å². The molecule has 0 saturated heterocycles. The molecule has 0 fully saturated rings. The lowest BCUT2D eigenvalue weighted by atomic mass is 10.0. The van der Waals surface area contributed by atoms with Gasteiger partial charge in [0.25, 0.3) is 5.56 Å². The van der Waals surface area contributed by atoms with Gasteiger partial charge in [0.2, 0.25) is 0 Å². The number of anilines is 1. The van der Waals surface area contributed by atoms with E-state index in [-0.39, 0.29) is 12.1 Å². The second-order valence-corrected chi connectivity index (χ2v) is 5.00. The van der Waals surface area contributed by atoms with E-state index in [9.17, 15) is 9.90 Å². The summed E-state index contributed by atoms with van der Waals surface area (Å²) in [5.41, 5.74) is 2.34. The molecule has 20 heavy (non-hydrogen) atoms. The molecule has 0 radical (unpaired) electrons. The van der Waals surface area contributed by atoms with Gasteiger partial charge in [-0.15, -0.1) is 0 Å². The number of benzene rings is 1. The molecular formula is C15H19N3O2. The molecule has 1 N–H and O–H groups in total. The van der Waals surface area contributed by atoms with Crippen molar-refractivity contribution in [1.82, 2.24) is 9.78 Å². The number of aliphatic hydroxyl groups is 1. The maximum atomic E-state index is 12.0. The maximum absolute atomic E-state index is 12.0. The Hall–Kier alpha value is -2.14. The highest BCUT2D eigenvalue weighted by Gasteiger charge is 2.12. The predicted octanol–water partition coefficient (Wildman–Crippen LogP) is 1.35. The van der Waals surface area contributed by atoms with E-state index in [2.05, 4.69) is 5.10 Å². The van der Waals surface area contributed by atoms with Gasteiger partial charge in [0.05, 0.1) is 24.5 Å². The van der Waals surface area contributed by atoms with E-state index in [1.165, 1.54) is 10.7 Å². The molecule has 1 atom stereocenters. The summed E-state index contributed by atoms with van der Waals surface area (Å²) >= 11 is 0. The van der Waals surface area contributed by atoms with Gasteiger partial charge in [-0.25, -0.2) is 4.68 Å². The van der Waals surface area contributed by atoms with Crippen molar-refractivity contribution in [2.24, 2.45) is 0 Å². The van der Waals surface area contributed by atoms with Crippen molar-refractivity contribution in [3.63, 3.8) is 0 Å². The molecule has 0 aliphatic heterocycles. The van der Waals surface area contributed by atoms with Crippen molar-refractivity contribution in [1.29, 1.82) is 0 Å². The molecule has 0 spiro atoms. The summed E-state index contributed by atoms with van der Waals surface area (Å²) in [6.45, 7) is 2.08. The first-order valence-corrected chi connectivity index (χ1v) is 6.47. The average molecular weight is 273 g/mol. The highest BCUT2D eigenvalue weighted by Crippen LogP contribution is 2.18. The zero-order valence-electron chi connectivity index (χ0n) is 11.9. The van der Waals surface area contributed by atoms with Crippen LogP contribution in [0.25, 0.3) is 0 Å². The fraction of sp³-hybridized carbons (Fsp3) is 0.333. The smallest absolute Gasteiger partial charge is 0.268 e. The second-order valence-electron chi connectivity index (χ2n) is 5.00. The summed E-state index contributed by atoms with van der Waals surface area (Å²) in [7, 11) is 3.70. The third-order valence-electron chi connectivity index (χ3n) is 3.26. The van der Waals surface area contributed by atoms with Gasteiger partial charge in [-0.1, -0.05) is 24.3 Å². The number of aliphatic hydroxyl groups excluding tert-OH is 1. The van der Waals surface area contributed by atoms with E-state index in [1.807, 2.05) is 50.2 Å². The number of aryl methyl sites for hydroxylation is 1. The maximum Gasteiger partial charge on any atom is 0.268 e. The van der Waals surface area contributed by atoms with Crippen molar-refractivity contribution < 1.29 is 5.11 Å². The SMILES string of the molecule is Cc1ccccc1C(O)Cn1ncc(N(C)C)cc1=O. The Morgan fingerprint density at radius 2 is 2.05 bits per heavy atom. The Balaban J connectivity index is 2.22. The van der Waals surface area contributed by atoms with Gasteiger partial charge in [0, 0.05) is 20.2 Å². The third kappa shape index (κ3) is 3.05. The number of nitrogens with zero attached hydrogens (tertiary/aromatic N) is 3. The van der Waals surface area contributed by atoms with Crippen LogP contribution in [-0.4, -0.2) is 29.0 Å². The lowest BCUT2D eigenvalue weighted by Gasteiger charge is -2.16. The van der Waals surface area contributed by atoms with Crippen molar-refractivity contribution in [3.8, 4) is 0 Å². The van der Waals surface area contributed by atoms with Gasteiger partial charge < -0.3 is 10.0 Å². The highest BCUT2D eigenvalue weighted by atomic mass is 16.3. The molecule has 0 aliphatic rings. The Kier molecular flexibility index (Phi) is 4.20. The Morgan fingerprint density at radius 1 is 1.35 bits per heavy atom. The summed E-state index contributed by atoms with van der Waals surface area (Å²) in [6.07, 6.45) is 0.873. The molecule has 1 aromatic heterocycles. The van der Waals surface area contributed by atoms with Crippen LogP contribution in [0.1, 0.15) is 17.2 Å². The lowest BCUT2D eigenvalue weighted by molar-refractivity contribution is 0.148. The molecule has 1 unspecified atom stereocenters. The van der Waals surface area contributed by atoms with E-state index in [4.69, 9.17) is 0 Å². The number of aromatic nitrogens is 2. The Bertz CT molecular complexity index is 650. The van der Waals surface area contributed by atoms with Crippen LogP contribution in [0.15, 0.2) is 41.3 Å². The monoisotopic (exact) mass is 273 g/mol. The quantitative estimate of drug-likeness (QED) is 0.913. The molecule has 2 aromatic rings. The van der Waals surface area contributed by atoms with Gasteiger partial charge in [-0.05, 0) is 18.1 Å². The largest absolute Gasteiger partial charge is 0.386 e. The number of rotatable bonds is 4. The molecule has 0 bridgehead atoms. The van der Waals surface area contributed by atoms with Crippen LogP contribution in [0, 0.1) is 6.92 Å². The summed E-state index contributed by atoms with van der Waals surface area (Å²) in [4.78, 5) is 13.8. The van der Waals surface area contributed by atoms with Gasteiger partial charge in [-0.3, -0.25) is 4.79 Å². The van der Waals surface area contributed by atoms with Crippen molar-refractivity contribution in [2.75, 3.05) is 19.0 Å². The number of hydrogen-bond acceptors (Lipinski definition) is 4. The molecular weight excluding hydrogens is 254 g/mol. The van der Waals surface area contributed by atoms with E-state index < -0.39 is 6.10 Å². The van der Waals surface area contributed by atoms with Gasteiger partial charge in [0.1, 0.15) is 0 Å². The van der Waals surface area contributed by atoms with Crippen LogP contribution in [0.2, 0.25) is 0 Å². The molecule has 2 rings (SSSR count). The minimum absolute atomic E-state index is 0.150. The van der Waals surface area contributed by atoms with E-state index in [0.29, 0.717) is 0 Å². The third-order valence-corrected chi connectivity index (χ3v) is 3.26. The van der Waals surface area contributed by atoms with E-state index in [1.54, 1.807) is 6.20 Å². The topological polar surface area (TPSA) is 58.4 Å². The highest BCUT2D eigenvalue weighted by molar-refractivity contribution is 5.40. The van der Waals surface area contributed by atoms with Crippen LogP contribution in [0.5, 0.6) is 0 Å². The van der Waals surface area contributed by atoms with Crippen LogP contribution >= 0.6 is 0 Å². The van der Waals surface area contributed by atoms with Crippen LogP contribution in [0.3, 0.4) is 0 Å². The Labute approximate surface area is 118 Å². The van der Waals surface area contributed by atoms with E-state index >= 15 is 0 Å². The zero-order valence-corrected chi connectivity index (χ0v) is 11.9. The predicted molar refractivity (Wildman–Crippen MR) is 79.0 cm³/mol. The normalized spacial score (nSPS) is 12.2. The molecule has 5 heteroatoms. The van der Waals surface area contributed by atoms with Crippen molar-refractivity contribution >= 4 is 5.69 Å². The summed E-state index contributed by atoms with van der Waals surface area (Å²) in [5, 5.41) is 14.3. The molecule has 0 saturated carbocycles. The molecule has 106 valence electrons. The zero-order chi connectivity index (χ0) is 14.7. The van der Waals surface area contributed by atoms with Crippen LogP contribution in [-0.2, 0) is 6.54 Å². The van der Waals surface area contributed by atoms with Gasteiger partial charge in [-0.2, -0.15) is 5.10 Å².